The molecule has 1 aliphatic carbocycles. The summed E-state index contributed by atoms with van der Waals surface area (Å²) in [7, 11) is 4.88. The largest absolute Gasteiger partial charge is 0.486 e. The minimum Gasteiger partial charge on any atom is -0.486 e. The van der Waals surface area contributed by atoms with E-state index in [1.54, 1.807) is 29.7 Å². The number of aryl methyl sites for hydroxylation is 2. The molecule has 1 aliphatic heterocycles. The van der Waals surface area contributed by atoms with Crippen LogP contribution < -0.4 is 4.74 Å². The van der Waals surface area contributed by atoms with Crippen LogP contribution in [0.1, 0.15) is 37.1 Å². The second-order valence-electron chi connectivity index (χ2n) is 9.25. The highest BCUT2D eigenvalue weighted by Gasteiger charge is 2.30. The van der Waals surface area contributed by atoms with Crippen LogP contribution >= 0.6 is 0 Å². The van der Waals surface area contributed by atoms with E-state index in [0.29, 0.717) is 60.6 Å². The van der Waals surface area contributed by atoms with Crippen molar-refractivity contribution in [1.29, 1.82) is 0 Å². The molecule has 0 aromatic carbocycles. The Balaban J connectivity index is 1.40. The number of rotatable bonds is 8. The van der Waals surface area contributed by atoms with Gasteiger partial charge in [-0.3, -0.25) is 4.79 Å². The number of hydrogen-bond acceptors (Lipinski definition) is 9. The third kappa shape index (κ3) is 5.90. The first-order valence-corrected chi connectivity index (χ1v) is 11.9. The van der Waals surface area contributed by atoms with Crippen LogP contribution in [0.2, 0.25) is 0 Å². The van der Waals surface area contributed by atoms with Gasteiger partial charge in [-0.1, -0.05) is 11.6 Å². The number of hydrogen-bond donors (Lipinski definition) is 0. The number of aromatic nitrogens is 4. The molecule has 0 spiro atoms. The molecule has 1 saturated heterocycles. The number of methoxy groups -OCH3 is 1. The van der Waals surface area contributed by atoms with Crippen LogP contribution in [0.25, 0.3) is 11.4 Å². The van der Waals surface area contributed by atoms with Gasteiger partial charge in [0.05, 0.1) is 37.6 Å². The van der Waals surface area contributed by atoms with Gasteiger partial charge >= 0.3 is 12.1 Å². The molecule has 3 heterocycles. The van der Waals surface area contributed by atoms with E-state index in [1.807, 2.05) is 13.0 Å². The normalized spacial score (nSPS) is 20.1. The Morgan fingerprint density at radius 3 is 2.74 bits per heavy atom. The van der Waals surface area contributed by atoms with E-state index in [4.69, 9.17) is 18.9 Å². The number of carbonyl (C=O) groups is 2. The lowest BCUT2D eigenvalue weighted by Crippen LogP contribution is -2.37. The predicted molar refractivity (Wildman–Crippen MR) is 124 cm³/mol. The first-order chi connectivity index (χ1) is 16.9. The molecule has 2 aromatic rings. The molecule has 190 valence electrons. The Hall–Kier alpha value is -3.21. The summed E-state index contributed by atoms with van der Waals surface area (Å²) >= 11 is 0. The maximum absolute atomic E-state index is 12.4. The minimum absolute atomic E-state index is 0.0416. The van der Waals surface area contributed by atoms with Crippen molar-refractivity contribution < 1.29 is 28.5 Å². The summed E-state index contributed by atoms with van der Waals surface area (Å²) in [6, 6.07) is 3.61. The van der Waals surface area contributed by atoms with Crippen molar-refractivity contribution in [3.8, 4) is 17.1 Å². The fraction of sp³-hybridized carbons (Fsp3) is 0.625. The number of amides is 1. The molecule has 1 saturated carbocycles. The van der Waals surface area contributed by atoms with Crippen molar-refractivity contribution in [2.45, 2.75) is 45.3 Å². The van der Waals surface area contributed by atoms with Crippen molar-refractivity contribution >= 4 is 12.1 Å². The van der Waals surface area contributed by atoms with Crippen molar-refractivity contribution in [1.82, 2.24) is 24.9 Å². The SMILES string of the molecule is COC(=O)[C@@H]1COC[C@H](Oc2ccc(-c3nnn(C)c3COC(=O)N(C)CC3CCC3)nc2C)C1. The van der Waals surface area contributed by atoms with E-state index < -0.39 is 0 Å². The van der Waals surface area contributed by atoms with Crippen molar-refractivity contribution in [2.24, 2.45) is 18.9 Å². The molecule has 11 nitrogen and oxygen atoms in total. The topological polar surface area (TPSA) is 118 Å². The molecule has 11 heteroatoms. The molecule has 0 radical (unpaired) electrons. The monoisotopic (exact) mass is 487 g/mol. The van der Waals surface area contributed by atoms with Gasteiger partial charge in [0.1, 0.15) is 29.8 Å². The van der Waals surface area contributed by atoms with Crippen molar-refractivity contribution in [3.05, 3.63) is 23.5 Å². The lowest BCUT2D eigenvalue weighted by Gasteiger charge is -2.29. The number of nitrogens with zero attached hydrogens (tertiary/aromatic N) is 5. The van der Waals surface area contributed by atoms with E-state index >= 15 is 0 Å². The van der Waals surface area contributed by atoms with Gasteiger partial charge in [-0.05, 0) is 37.8 Å². The smallest absolute Gasteiger partial charge is 0.409 e. The maximum Gasteiger partial charge on any atom is 0.409 e. The Morgan fingerprint density at radius 2 is 2.06 bits per heavy atom. The molecular weight excluding hydrogens is 454 g/mol. The van der Waals surface area contributed by atoms with E-state index in [9.17, 15) is 9.59 Å². The van der Waals surface area contributed by atoms with Gasteiger partial charge < -0.3 is 23.8 Å². The lowest BCUT2D eigenvalue weighted by molar-refractivity contribution is -0.152. The van der Waals surface area contributed by atoms with Crippen LogP contribution in [0, 0.1) is 18.8 Å². The van der Waals surface area contributed by atoms with Gasteiger partial charge in [-0.15, -0.1) is 5.10 Å². The van der Waals surface area contributed by atoms with Gasteiger partial charge in [-0.2, -0.15) is 0 Å². The summed E-state index contributed by atoms with van der Waals surface area (Å²) in [5.74, 6) is 0.529. The van der Waals surface area contributed by atoms with Crippen LogP contribution in [-0.4, -0.2) is 77.0 Å². The zero-order valence-electron chi connectivity index (χ0n) is 20.7. The Bertz CT molecular complexity index is 1050. The Morgan fingerprint density at radius 1 is 1.26 bits per heavy atom. The first-order valence-electron chi connectivity index (χ1n) is 11.9. The number of carbonyl (C=O) groups excluding carboxylic acids is 2. The van der Waals surface area contributed by atoms with Gasteiger partial charge in [0.25, 0.3) is 0 Å². The predicted octanol–water partition coefficient (Wildman–Crippen LogP) is 2.51. The fourth-order valence-electron chi connectivity index (χ4n) is 4.31. The molecule has 2 aliphatic rings. The first kappa shape index (κ1) is 24.9. The zero-order valence-corrected chi connectivity index (χ0v) is 20.7. The summed E-state index contributed by atoms with van der Waals surface area (Å²) in [6.07, 6.45) is 3.44. The second kappa shape index (κ2) is 11.0. The highest BCUT2D eigenvalue weighted by Crippen LogP contribution is 2.28. The van der Waals surface area contributed by atoms with E-state index in [2.05, 4.69) is 15.3 Å². The van der Waals surface area contributed by atoms with E-state index in [1.165, 1.54) is 13.5 Å². The zero-order chi connectivity index (χ0) is 24.9. The molecule has 1 amide bonds. The summed E-state index contributed by atoms with van der Waals surface area (Å²) in [5, 5.41) is 8.33. The van der Waals surface area contributed by atoms with E-state index in [-0.39, 0.29) is 30.7 Å². The van der Waals surface area contributed by atoms with Gasteiger partial charge in [-0.25, -0.2) is 14.5 Å². The summed E-state index contributed by atoms with van der Waals surface area (Å²) in [6.45, 7) is 3.32. The molecule has 2 fully saturated rings. The maximum atomic E-state index is 12.4. The van der Waals surface area contributed by atoms with E-state index in [0.717, 1.165) is 12.8 Å². The molecule has 2 atom stereocenters. The molecular formula is C24H33N5O6. The van der Waals surface area contributed by atoms with Crippen LogP contribution in [-0.2, 0) is 32.7 Å². The van der Waals surface area contributed by atoms with Gasteiger partial charge in [0.15, 0.2) is 0 Å². The van der Waals surface area contributed by atoms with Crippen molar-refractivity contribution in [3.63, 3.8) is 0 Å². The third-order valence-electron chi connectivity index (χ3n) is 6.62. The van der Waals surface area contributed by atoms with Crippen LogP contribution in [0.3, 0.4) is 0 Å². The highest BCUT2D eigenvalue weighted by molar-refractivity contribution is 5.72. The van der Waals surface area contributed by atoms with Gasteiger partial charge in [0, 0.05) is 27.1 Å². The Labute approximate surface area is 204 Å². The second-order valence-corrected chi connectivity index (χ2v) is 9.25. The fourth-order valence-corrected chi connectivity index (χ4v) is 4.31. The molecule has 35 heavy (non-hydrogen) atoms. The lowest BCUT2D eigenvalue weighted by atomic mass is 9.85. The Kier molecular flexibility index (Phi) is 7.84. The quantitative estimate of drug-likeness (QED) is 0.518. The number of esters is 1. The summed E-state index contributed by atoms with van der Waals surface area (Å²) < 4.78 is 23.5. The molecule has 0 unspecified atom stereocenters. The average molecular weight is 488 g/mol. The summed E-state index contributed by atoms with van der Waals surface area (Å²) in [5.41, 5.74) is 2.46. The standard InChI is InChI=1S/C24H33N5O6/c1-15-21(35-18-10-17(12-33-13-18)23(30)32-4)9-8-19(25-15)22-20(29(3)27-26-22)14-34-24(31)28(2)11-16-6-5-7-16/h8-9,16-18H,5-7,10-14H2,1-4H3/t17-,18+/m0/s1. The van der Waals surface area contributed by atoms with Crippen LogP contribution in [0.5, 0.6) is 5.75 Å². The molecule has 0 bridgehead atoms. The highest BCUT2D eigenvalue weighted by atomic mass is 16.6. The average Bonchev–Trinajstić information content (AvgIpc) is 3.20. The minimum atomic E-state index is -0.364. The summed E-state index contributed by atoms with van der Waals surface area (Å²) in [4.78, 5) is 30.5. The van der Waals surface area contributed by atoms with Crippen LogP contribution in [0.4, 0.5) is 4.79 Å². The third-order valence-corrected chi connectivity index (χ3v) is 6.62. The van der Waals surface area contributed by atoms with Crippen molar-refractivity contribution in [2.75, 3.05) is 33.9 Å². The van der Waals surface area contributed by atoms with Crippen LogP contribution in [0.15, 0.2) is 12.1 Å². The molecule has 2 aromatic heterocycles. The molecule has 0 N–H and O–H groups in total. The van der Waals surface area contributed by atoms with Gasteiger partial charge in [0.2, 0.25) is 0 Å². The number of ether oxygens (including phenoxy) is 4. The molecule has 4 rings (SSSR count). The number of pyridine rings is 1.